The number of para-hydroxylation sites is 1. The van der Waals surface area contributed by atoms with Crippen molar-refractivity contribution in [1.82, 2.24) is 0 Å². The number of methoxy groups -OCH3 is 2. The predicted octanol–water partition coefficient (Wildman–Crippen LogP) is 2.67. The molecule has 0 aliphatic carbocycles. The average Bonchev–Trinajstić information content (AvgIpc) is 2.65. The smallest absolute Gasteiger partial charge is 0.245 e. The molecular weight excluding hydrogens is 368 g/mol. The van der Waals surface area contributed by atoms with Gasteiger partial charge in [-0.3, -0.25) is 9.10 Å². The topological polar surface area (TPSA) is 84.9 Å². The van der Waals surface area contributed by atoms with Crippen LogP contribution in [0.1, 0.15) is 12.5 Å². The minimum atomic E-state index is -3.72. The Balaban J connectivity index is 2.32. The second-order valence-corrected chi connectivity index (χ2v) is 7.77. The van der Waals surface area contributed by atoms with E-state index >= 15 is 0 Å². The third-order valence-electron chi connectivity index (χ3n) is 4.02. The van der Waals surface area contributed by atoms with Gasteiger partial charge in [0.1, 0.15) is 18.0 Å². The summed E-state index contributed by atoms with van der Waals surface area (Å²) in [5, 5.41) is 2.78. The predicted molar refractivity (Wildman–Crippen MR) is 106 cm³/mol. The van der Waals surface area contributed by atoms with Gasteiger partial charge in [-0.15, -0.1) is 0 Å². The van der Waals surface area contributed by atoms with Crippen molar-refractivity contribution in [1.29, 1.82) is 0 Å². The lowest BCUT2D eigenvalue weighted by atomic mass is 10.1. The minimum Gasteiger partial charge on any atom is -0.497 e. The van der Waals surface area contributed by atoms with E-state index in [0.29, 0.717) is 17.2 Å². The number of carbonyl (C=O) groups is 1. The first kappa shape index (κ1) is 20.6. The maximum Gasteiger partial charge on any atom is 0.245 e. The number of nitrogens with one attached hydrogen (secondary N) is 1. The quantitative estimate of drug-likeness (QED) is 0.747. The number of rotatable bonds is 8. The van der Waals surface area contributed by atoms with E-state index in [1.807, 2.05) is 25.1 Å². The van der Waals surface area contributed by atoms with Crippen molar-refractivity contribution in [2.45, 2.75) is 13.3 Å². The fraction of sp³-hybridized carbons (Fsp3) is 0.316. The molecule has 0 aliphatic rings. The van der Waals surface area contributed by atoms with Crippen LogP contribution in [0.2, 0.25) is 0 Å². The van der Waals surface area contributed by atoms with Gasteiger partial charge in [0, 0.05) is 11.8 Å². The van der Waals surface area contributed by atoms with Crippen LogP contribution >= 0.6 is 0 Å². The molecule has 0 aromatic heterocycles. The summed E-state index contributed by atoms with van der Waals surface area (Å²) in [6.07, 6.45) is 1.79. The molecule has 0 fully saturated rings. The lowest BCUT2D eigenvalue weighted by molar-refractivity contribution is -0.114. The molecule has 2 aromatic carbocycles. The molecule has 2 aromatic rings. The highest BCUT2D eigenvalue weighted by Crippen LogP contribution is 2.33. The molecular formula is C19H24N2O5S. The molecule has 1 amide bonds. The van der Waals surface area contributed by atoms with Gasteiger partial charge in [-0.05, 0) is 30.2 Å². The largest absolute Gasteiger partial charge is 0.497 e. The van der Waals surface area contributed by atoms with E-state index in [1.165, 1.54) is 14.2 Å². The fourth-order valence-electron chi connectivity index (χ4n) is 2.64. The Kier molecular flexibility index (Phi) is 6.68. The maximum atomic E-state index is 12.6. The molecule has 8 heteroatoms. The Labute approximate surface area is 160 Å². The summed E-state index contributed by atoms with van der Waals surface area (Å²) < 4.78 is 36.1. The lowest BCUT2D eigenvalue weighted by Gasteiger charge is -2.24. The number of hydrogen-bond acceptors (Lipinski definition) is 5. The summed E-state index contributed by atoms with van der Waals surface area (Å²) in [5.74, 6) is 0.367. The normalized spacial score (nSPS) is 11.0. The van der Waals surface area contributed by atoms with Crippen molar-refractivity contribution in [3.05, 3.63) is 48.0 Å². The van der Waals surface area contributed by atoms with Crippen LogP contribution in [0.25, 0.3) is 0 Å². The van der Waals surface area contributed by atoms with E-state index in [-0.39, 0.29) is 12.2 Å². The van der Waals surface area contributed by atoms with E-state index in [1.54, 1.807) is 24.3 Å². The molecule has 7 nitrogen and oxygen atoms in total. The van der Waals surface area contributed by atoms with Crippen molar-refractivity contribution < 1.29 is 22.7 Å². The number of aryl methyl sites for hydroxylation is 1. The number of benzene rings is 2. The Morgan fingerprint density at radius 1 is 1.11 bits per heavy atom. The molecule has 0 unspecified atom stereocenters. The molecule has 0 atom stereocenters. The number of nitrogens with zero attached hydrogens (tertiary/aromatic N) is 1. The third-order valence-corrected chi connectivity index (χ3v) is 5.14. The number of ether oxygens (including phenoxy) is 2. The second-order valence-electron chi connectivity index (χ2n) is 5.87. The molecule has 1 N–H and O–H groups in total. The zero-order valence-electron chi connectivity index (χ0n) is 15.9. The van der Waals surface area contributed by atoms with Crippen LogP contribution in [0, 0.1) is 0 Å². The summed E-state index contributed by atoms with van der Waals surface area (Å²) in [6, 6.07) is 12.1. The Morgan fingerprint density at radius 3 is 2.41 bits per heavy atom. The fourth-order valence-corrected chi connectivity index (χ4v) is 3.50. The Bertz CT molecular complexity index is 912. The number of amides is 1. The van der Waals surface area contributed by atoms with Gasteiger partial charge in [0.05, 0.1) is 26.2 Å². The lowest BCUT2D eigenvalue weighted by Crippen LogP contribution is -2.37. The summed E-state index contributed by atoms with van der Waals surface area (Å²) in [4.78, 5) is 12.6. The molecule has 0 spiro atoms. The molecule has 0 saturated carbocycles. The van der Waals surface area contributed by atoms with Gasteiger partial charge in [-0.2, -0.15) is 0 Å². The van der Waals surface area contributed by atoms with Crippen LogP contribution in [0.15, 0.2) is 42.5 Å². The molecule has 2 rings (SSSR count). The van der Waals surface area contributed by atoms with Crippen LogP contribution in [-0.4, -0.2) is 41.3 Å². The van der Waals surface area contributed by atoms with E-state index in [4.69, 9.17) is 9.47 Å². The Hall–Kier alpha value is -2.74. The third kappa shape index (κ3) is 5.13. The number of sulfonamides is 1. The summed E-state index contributed by atoms with van der Waals surface area (Å²) in [7, 11) is -0.793. The average molecular weight is 392 g/mol. The molecule has 27 heavy (non-hydrogen) atoms. The first-order valence-electron chi connectivity index (χ1n) is 8.37. The SMILES string of the molecule is CCc1ccccc1NC(=O)CN(c1ccc(OC)cc1OC)S(C)(=O)=O. The number of carbonyl (C=O) groups excluding carboxylic acids is 1. The Morgan fingerprint density at radius 2 is 1.81 bits per heavy atom. The van der Waals surface area contributed by atoms with Crippen LogP contribution < -0.4 is 19.1 Å². The molecule has 0 saturated heterocycles. The van der Waals surface area contributed by atoms with Crippen LogP contribution in [0.3, 0.4) is 0 Å². The number of anilines is 2. The van der Waals surface area contributed by atoms with Crippen molar-refractivity contribution in [2.75, 3.05) is 36.6 Å². The van der Waals surface area contributed by atoms with Crippen molar-refractivity contribution in [3.8, 4) is 11.5 Å². The van der Waals surface area contributed by atoms with E-state index in [9.17, 15) is 13.2 Å². The first-order chi connectivity index (χ1) is 12.8. The summed E-state index contributed by atoms with van der Waals surface area (Å²) >= 11 is 0. The second kappa shape index (κ2) is 8.77. The first-order valence-corrected chi connectivity index (χ1v) is 10.2. The zero-order chi connectivity index (χ0) is 20.0. The van der Waals surface area contributed by atoms with Gasteiger partial charge >= 0.3 is 0 Å². The summed E-state index contributed by atoms with van der Waals surface area (Å²) in [6.45, 7) is 1.61. The molecule has 0 bridgehead atoms. The van der Waals surface area contributed by atoms with Crippen LogP contribution in [-0.2, 0) is 21.2 Å². The van der Waals surface area contributed by atoms with Gasteiger partial charge in [-0.25, -0.2) is 8.42 Å². The van der Waals surface area contributed by atoms with Gasteiger partial charge in [0.25, 0.3) is 0 Å². The van der Waals surface area contributed by atoms with E-state index in [0.717, 1.165) is 22.5 Å². The molecule has 0 aliphatic heterocycles. The minimum absolute atomic E-state index is 0.264. The van der Waals surface area contributed by atoms with Crippen molar-refractivity contribution >= 4 is 27.3 Å². The zero-order valence-corrected chi connectivity index (χ0v) is 16.7. The monoisotopic (exact) mass is 392 g/mol. The van der Waals surface area contributed by atoms with E-state index in [2.05, 4.69) is 5.32 Å². The number of hydrogen-bond donors (Lipinski definition) is 1. The molecule has 0 radical (unpaired) electrons. The molecule has 0 heterocycles. The van der Waals surface area contributed by atoms with Crippen molar-refractivity contribution in [2.24, 2.45) is 0 Å². The van der Waals surface area contributed by atoms with Gasteiger partial charge in [-0.1, -0.05) is 25.1 Å². The van der Waals surface area contributed by atoms with Gasteiger partial charge < -0.3 is 14.8 Å². The van der Waals surface area contributed by atoms with Crippen LogP contribution in [0.4, 0.5) is 11.4 Å². The van der Waals surface area contributed by atoms with E-state index < -0.39 is 15.9 Å². The highest BCUT2D eigenvalue weighted by atomic mass is 32.2. The highest BCUT2D eigenvalue weighted by molar-refractivity contribution is 7.92. The standard InChI is InChI=1S/C19H24N2O5S/c1-5-14-8-6-7-9-16(14)20-19(22)13-21(27(4,23)24)17-11-10-15(25-2)12-18(17)26-3/h6-12H,5,13H2,1-4H3,(H,20,22). The highest BCUT2D eigenvalue weighted by Gasteiger charge is 2.24. The van der Waals surface area contributed by atoms with Gasteiger partial charge in [0.15, 0.2) is 0 Å². The summed E-state index contributed by atoms with van der Waals surface area (Å²) in [5.41, 5.74) is 1.90. The maximum absolute atomic E-state index is 12.6. The molecule has 146 valence electrons. The van der Waals surface area contributed by atoms with Crippen molar-refractivity contribution in [3.63, 3.8) is 0 Å². The van der Waals surface area contributed by atoms with Crippen LogP contribution in [0.5, 0.6) is 11.5 Å². The van der Waals surface area contributed by atoms with Gasteiger partial charge in [0.2, 0.25) is 15.9 Å².